The van der Waals surface area contributed by atoms with Crippen LogP contribution in [0, 0.1) is 12.7 Å². The highest BCUT2D eigenvalue weighted by molar-refractivity contribution is 7.07. The van der Waals surface area contributed by atoms with E-state index < -0.39 is 17.7 Å². The molecule has 2 rings (SSSR count). The van der Waals surface area contributed by atoms with E-state index in [1.165, 1.54) is 23.8 Å². The number of methoxy groups -OCH3 is 1. The molecule has 0 saturated heterocycles. The van der Waals surface area contributed by atoms with Crippen molar-refractivity contribution < 1.29 is 18.7 Å². The molecule has 1 heterocycles. The number of carbonyl (C=O) groups is 2. The number of nitrogens with one attached hydrogen (secondary N) is 1. The van der Waals surface area contributed by atoms with Crippen LogP contribution in [0.1, 0.15) is 22.5 Å². The van der Waals surface area contributed by atoms with Crippen LogP contribution >= 0.6 is 11.3 Å². The number of aromatic nitrogens is 1. The van der Waals surface area contributed by atoms with Crippen LogP contribution in [0.5, 0.6) is 0 Å². The van der Waals surface area contributed by atoms with Gasteiger partial charge in [0.1, 0.15) is 5.82 Å². The number of carbonyl (C=O) groups excluding carboxylic acids is 2. The first-order valence-corrected chi connectivity index (χ1v) is 7.63. The highest BCUT2D eigenvalue weighted by Crippen LogP contribution is 2.17. The zero-order valence-corrected chi connectivity index (χ0v) is 13.4. The van der Waals surface area contributed by atoms with E-state index in [9.17, 15) is 18.8 Å². The van der Waals surface area contributed by atoms with Gasteiger partial charge in [-0.25, -0.2) is 9.18 Å². The first kappa shape index (κ1) is 16.9. The van der Waals surface area contributed by atoms with Gasteiger partial charge in [-0.15, -0.1) is 0 Å². The summed E-state index contributed by atoms with van der Waals surface area (Å²) >= 11 is 1.06. The molecule has 0 spiro atoms. The molecule has 1 aromatic carbocycles. The second-order valence-corrected chi connectivity index (χ2v) is 5.60. The number of benzene rings is 1. The Bertz CT molecular complexity index is 797. The molecular formula is C15H15FN2O4S. The average Bonchev–Trinajstić information content (AvgIpc) is 2.85. The maximum absolute atomic E-state index is 13.7. The molecule has 6 nitrogen and oxygen atoms in total. The van der Waals surface area contributed by atoms with Gasteiger partial charge in [0.2, 0.25) is 5.91 Å². The molecular weight excluding hydrogens is 323 g/mol. The van der Waals surface area contributed by atoms with Gasteiger partial charge in [-0.1, -0.05) is 11.3 Å². The lowest BCUT2D eigenvalue weighted by Gasteiger charge is -2.09. The van der Waals surface area contributed by atoms with Crippen molar-refractivity contribution in [2.45, 2.75) is 19.9 Å². The van der Waals surface area contributed by atoms with E-state index in [1.807, 2.05) is 0 Å². The molecule has 23 heavy (non-hydrogen) atoms. The lowest BCUT2D eigenvalue weighted by molar-refractivity contribution is -0.116. The predicted octanol–water partition coefficient (Wildman–Crippen LogP) is 2.17. The highest BCUT2D eigenvalue weighted by Gasteiger charge is 2.13. The first-order chi connectivity index (χ1) is 10.9. The Hall–Kier alpha value is -2.48. The Balaban J connectivity index is 2.05. The van der Waals surface area contributed by atoms with Crippen LogP contribution in [-0.2, 0) is 16.1 Å². The molecule has 1 N–H and O–H groups in total. The average molecular weight is 338 g/mol. The van der Waals surface area contributed by atoms with Crippen LogP contribution < -0.4 is 10.2 Å². The number of ether oxygens (including phenoxy) is 1. The van der Waals surface area contributed by atoms with Gasteiger partial charge in [0.25, 0.3) is 0 Å². The lowest BCUT2D eigenvalue weighted by atomic mass is 10.2. The predicted molar refractivity (Wildman–Crippen MR) is 84.3 cm³/mol. The zero-order chi connectivity index (χ0) is 17.0. The third-order valence-corrected chi connectivity index (χ3v) is 4.08. The summed E-state index contributed by atoms with van der Waals surface area (Å²) in [6.07, 6.45) is 0.0133. The molecule has 8 heteroatoms. The van der Waals surface area contributed by atoms with Gasteiger partial charge in [-0.2, -0.15) is 0 Å². The molecule has 0 radical (unpaired) electrons. The zero-order valence-electron chi connectivity index (χ0n) is 12.6. The number of amides is 1. The Morgan fingerprint density at radius 3 is 2.74 bits per heavy atom. The number of esters is 1. The van der Waals surface area contributed by atoms with Crippen molar-refractivity contribution in [3.05, 3.63) is 50.3 Å². The van der Waals surface area contributed by atoms with E-state index in [1.54, 1.807) is 12.3 Å². The summed E-state index contributed by atoms with van der Waals surface area (Å²) < 4.78 is 19.7. The minimum atomic E-state index is -0.658. The van der Waals surface area contributed by atoms with E-state index >= 15 is 0 Å². The number of rotatable bonds is 5. The fourth-order valence-corrected chi connectivity index (χ4v) is 2.73. The molecule has 1 aromatic heterocycles. The topological polar surface area (TPSA) is 77.4 Å². The van der Waals surface area contributed by atoms with Crippen molar-refractivity contribution in [3.8, 4) is 0 Å². The van der Waals surface area contributed by atoms with Gasteiger partial charge in [0.05, 0.1) is 18.4 Å². The minimum absolute atomic E-state index is 0.0133. The number of aryl methyl sites for hydroxylation is 1. The molecule has 1 amide bonds. The number of nitrogens with zero attached hydrogens (tertiary/aromatic N) is 1. The van der Waals surface area contributed by atoms with Crippen LogP contribution in [0.4, 0.5) is 10.1 Å². The van der Waals surface area contributed by atoms with Crippen molar-refractivity contribution in [2.24, 2.45) is 0 Å². The van der Waals surface area contributed by atoms with Crippen molar-refractivity contribution >= 4 is 28.9 Å². The number of thiazole rings is 1. The van der Waals surface area contributed by atoms with Gasteiger partial charge < -0.3 is 14.6 Å². The van der Waals surface area contributed by atoms with Crippen molar-refractivity contribution in [2.75, 3.05) is 12.4 Å². The van der Waals surface area contributed by atoms with Gasteiger partial charge in [0.15, 0.2) is 0 Å². The van der Waals surface area contributed by atoms with Crippen LogP contribution in [-0.4, -0.2) is 23.6 Å². The molecule has 0 saturated carbocycles. The molecule has 0 bridgehead atoms. The second kappa shape index (κ2) is 7.19. The number of halogens is 1. The van der Waals surface area contributed by atoms with Crippen LogP contribution in [0.25, 0.3) is 0 Å². The Morgan fingerprint density at radius 2 is 2.13 bits per heavy atom. The summed E-state index contributed by atoms with van der Waals surface area (Å²) in [6.45, 7) is 1.98. The van der Waals surface area contributed by atoms with Gasteiger partial charge in [-0.3, -0.25) is 9.59 Å². The molecule has 122 valence electrons. The maximum atomic E-state index is 13.7. The summed E-state index contributed by atoms with van der Waals surface area (Å²) in [5.41, 5.74) is 0.799. The van der Waals surface area contributed by atoms with Gasteiger partial charge in [0, 0.05) is 24.0 Å². The highest BCUT2D eigenvalue weighted by atomic mass is 32.1. The summed E-state index contributed by atoms with van der Waals surface area (Å²) in [6, 6.07) is 3.56. The molecule has 0 unspecified atom stereocenters. The van der Waals surface area contributed by atoms with Crippen molar-refractivity contribution in [1.82, 2.24) is 4.57 Å². The second-order valence-electron chi connectivity index (χ2n) is 4.78. The van der Waals surface area contributed by atoms with Crippen molar-refractivity contribution in [3.63, 3.8) is 0 Å². The number of hydrogen-bond donors (Lipinski definition) is 1. The van der Waals surface area contributed by atoms with Crippen LogP contribution in [0.15, 0.2) is 28.4 Å². The SMILES string of the molecule is COC(=O)c1ccc(F)c(NC(=O)CCn2c(C)csc2=O)c1. The van der Waals surface area contributed by atoms with Gasteiger partial charge >= 0.3 is 10.8 Å². The van der Waals surface area contributed by atoms with E-state index in [0.29, 0.717) is 0 Å². The Morgan fingerprint density at radius 1 is 1.39 bits per heavy atom. The van der Waals surface area contributed by atoms with E-state index in [-0.39, 0.29) is 29.1 Å². The van der Waals surface area contributed by atoms with E-state index in [4.69, 9.17) is 0 Å². The molecule has 0 atom stereocenters. The molecule has 0 aliphatic rings. The maximum Gasteiger partial charge on any atom is 0.337 e. The van der Waals surface area contributed by atoms with Gasteiger partial charge in [-0.05, 0) is 25.1 Å². The van der Waals surface area contributed by atoms with E-state index in [0.717, 1.165) is 23.1 Å². The normalized spacial score (nSPS) is 10.4. The van der Waals surface area contributed by atoms with E-state index in [2.05, 4.69) is 10.1 Å². The summed E-state index contributed by atoms with van der Waals surface area (Å²) in [5, 5.41) is 4.11. The Kier molecular flexibility index (Phi) is 5.28. The molecule has 0 aliphatic carbocycles. The number of hydrogen-bond acceptors (Lipinski definition) is 5. The minimum Gasteiger partial charge on any atom is -0.465 e. The third-order valence-electron chi connectivity index (χ3n) is 3.20. The molecule has 2 aromatic rings. The fraction of sp³-hybridized carbons (Fsp3) is 0.267. The largest absolute Gasteiger partial charge is 0.465 e. The molecule has 0 fully saturated rings. The summed E-state index contributed by atoms with van der Waals surface area (Å²) in [7, 11) is 1.21. The quantitative estimate of drug-likeness (QED) is 0.848. The standard InChI is InChI=1S/C15H15FN2O4S/c1-9-8-23-15(21)18(9)6-5-13(19)17-12-7-10(14(20)22-2)3-4-11(12)16/h3-4,7-8H,5-6H2,1-2H3,(H,17,19). The Labute approximate surface area is 135 Å². The van der Waals surface area contributed by atoms with Crippen LogP contribution in [0.2, 0.25) is 0 Å². The van der Waals surface area contributed by atoms with Crippen LogP contribution in [0.3, 0.4) is 0 Å². The number of anilines is 1. The monoisotopic (exact) mass is 338 g/mol. The lowest BCUT2D eigenvalue weighted by Crippen LogP contribution is -2.20. The fourth-order valence-electron chi connectivity index (χ4n) is 1.97. The van der Waals surface area contributed by atoms with Crippen molar-refractivity contribution in [1.29, 1.82) is 0 Å². The summed E-state index contributed by atoms with van der Waals surface area (Å²) in [5.74, 6) is -1.74. The third kappa shape index (κ3) is 4.04. The molecule has 0 aliphatic heterocycles. The first-order valence-electron chi connectivity index (χ1n) is 6.75. The smallest absolute Gasteiger partial charge is 0.337 e. The summed E-state index contributed by atoms with van der Waals surface area (Å²) in [4.78, 5) is 34.8.